The van der Waals surface area contributed by atoms with Crippen molar-refractivity contribution in [3.05, 3.63) is 60.5 Å². The number of benzene rings is 2. The van der Waals surface area contributed by atoms with Crippen molar-refractivity contribution in [2.24, 2.45) is 0 Å². The Morgan fingerprint density at radius 2 is 1.88 bits per heavy atom. The number of sulfone groups is 1. The molecule has 0 bridgehead atoms. The fraction of sp³-hybridized carbons (Fsp3) is 0.125. The van der Waals surface area contributed by atoms with Gasteiger partial charge in [-0.1, -0.05) is 29.4 Å². The Morgan fingerprint density at radius 1 is 1.08 bits per heavy atom. The van der Waals surface area contributed by atoms with Gasteiger partial charge in [-0.05, 0) is 30.3 Å². The van der Waals surface area contributed by atoms with Crippen LogP contribution in [0, 0.1) is 0 Å². The summed E-state index contributed by atoms with van der Waals surface area (Å²) in [4.78, 5) is 0.208. The highest BCUT2D eigenvalue weighted by Gasteiger charge is 2.10. The van der Waals surface area contributed by atoms with Crippen LogP contribution in [0.1, 0.15) is 5.89 Å². The van der Waals surface area contributed by atoms with E-state index in [0.717, 1.165) is 6.26 Å². The van der Waals surface area contributed by atoms with Crippen molar-refractivity contribution < 1.29 is 17.6 Å². The van der Waals surface area contributed by atoms with E-state index >= 15 is 0 Å². The molecule has 0 aliphatic rings. The van der Waals surface area contributed by atoms with Crippen LogP contribution < -0.4 is 10.1 Å². The number of anilines is 2. The maximum absolute atomic E-state index is 11.6. The quantitative estimate of drug-likeness (QED) is 0.734. The van der Waals surface area contributed by atoms with Crippen LogP contribution in [0.5, 0.6) is 5.75 Å². The number of hydrogen-bond acceptors (Lipinski definition) is 7. The first kappa shape index (κ1) is 16.0. The van der Waals surface area contributed by atoms with Gasteiger partial charge in [0.25, 0.3) is 5.89 Å². The lowest BCUT2D eigenvalue weighted by Gasteiger charge is -2.04. The highest BCUT2D eigenvalue weighted by molar-refractivity contribution is 7.90. The summed E-state index contributed by atoms with van der Waals surface area (Å²) in [6, 6.07) is 15.8. The molecule has 124 valence electrons. The molecular weight excluding hydrogens is 330 g/mol. The average molecular weight is 345 g/mol. The minimum Gasteiger partial charge on any atom is -0.484 e. The lowest BCUT2D eigenvalue weighted by molar-refractivity contribution is 0.265. The summed E-state index contributed by atoms with van der Waals surface area (Å²) in [7, 11) is -3.28. The van der Waals surface area contributed by atoms with Crippen LogP contribution in [0.15, 0.2) is 63.9 Å². The molecule has 1 aromatic heterocycles. The number of nitrogens with zero attached hydrogens (tertiary/aromatic N) is 2. The van der Waals surface area contributed by atoms with Crippen molar-refractivity contribution in [1.29, 1.82) is 0 Å². The van der Waals surface area contributed by atoms with Crippen molar-refractivity contribution in [2.45, 2.75) is 11.5 Å². The van der Waals surface area contributed by atoms with E-state index in [4.69, 9.17) is 9.15 Å². The average Bonchev–Trinajstić information content (AvgIpc) is 3.01. The van der Waals surface area contributed by atoms with Gasteiger partial charge in [-0.25, -0.2) is 8.42 Å². The van der Waals surface area contributed by atoms with E-state index in [1.165, 1.54) is 12.1 Å². The number of hydrogen-bond donors (Lipinski definition) is 1. The maximum Gasteiger partial charge on any atom is 0.320 e. The Kier molecular flexibility index (Phi) is 4.48. The fourth-order valence-electron chi connectivity index (χ4n) is 1.95. The predicted molar refractivity (Wildman–Crippen MR) is 87.9 cm³/mol. The van der Waals surface area contributed by atoms with Crippen molar-refractivity contribution in [3.8, 4) is 5.75 Å². The van der Waals surface area contributed by atoms with E-state index in [9.17, 15) is 8.42 Å². The number of nitrogens with one attached hydrogen (secondary N) is 1. The van der Waals surface area contributed by atoms with Crippen LogP contribution in [0.4, 0.5) is 11.7 Å². The summed E-state index contributed by atoms with van der Waals surface area (Å²) in [6.45, 7) is 0.141. The molecule has 24 heavy (non-hydrogen) atoms. The second kappa shape index (κ2) is 6.71. The molecule has 3 aromatic rings. The molecule has 0 fully saturated rings. The summed E-state index contributed by atoms with van der Waals surface area (Å²) in [5.74, 6) is 1.01. The van der Waals surface area contributed by atoms with Gasteiger partial charge in [0.05, 0.1) is 4.90 Å². The van der Waals surface area contributed by atoms with Gasteiger partial charge in [0, 0.05) is 11.9 Å². The van der Waals surface area contributed by atoms with Gasteiger partial charge in [0.2, 0.25) is 0 Å². The molecule has 7 nitrogen and oxygen atoms in total. The van der Waals surface area contributed by atoms with E-state index in [0.29, 0.717) is 17.3 Å². The van der Waals surface area contributed by atoms with Crippen molar-refractivity contribution >= 4 is 21.5 Å². The Morgan fingerprint density at radius 3 is 2.62 bits per heavy atom. The van der Waals surface area contributed by atoms with Gasteiger partial charge < -0.3 is 14.5 Å². The molecule has 0 unspecified atom stereocenters. The van der Waals surface area contributed by atoms with Gasteiger partial charge in [-0.2, -0.15) is 0 Å². The second-order valence-corrected chi connectivity index (χ2v) is 7.04. The van der Waals surface area contributed by atoms with Gasteiger partial charge in [-0.15, -0.1) is 5.10 Å². The van der Waals surface area contributed by atoms with Crippen molar-refractivity contribution in [3.63, 3.8) is 0 Å². The van der Waals surface area contributed by atoms with Crippen molar-refractivity contribution in [1.82, 2.24) is 10.2 Å². The van der Waals surface area contributed by atoms with E-state index in [-0.39, 0.29) is 17.5 Å². The Labute approximate surface area is 139 Å². The maximum atomic E-state index is 11.6. The first-order valence-corrected chi connectivity index (χ1v) is 8.97. The molecule has 0 saturated heterocycles. The highest BCUT2D eigenvalue weighted by atomic mass is 32.2. The lowest BCUT2D eigenvalue weighted by atomic mass is 10.3. The zero-order valence-electron chi connectivity index (χ0n) is 12.8. The highest BCUT2D eigenvalue weighted by Crippen LogP contribution is 2.20. The zero-order chi connectivity index (χ0) is 17.0. The SMILES string of the molecule is CS(=O)(=O)c1cccc(Nc2nnc(COc3ccccc3)o2)c1. The molecule has 1 heterocycles. The third-order valence-corrected chi connectivity index (χ3v) is 4.20. The van der Waals surface area contributed by atoms with Crippen LogP contribution in [0.2, 0.25) is 0 Å². The number of aromatic nitrogens is 2. The molecule has 0 aliphatic heterocycles. The Hall–Kier alpha value is -2.87. The van der Waals surface area contributed by atoms with Crippen LogP contribution >= 0.6 is 0 Å². The van der Waals surface area contributed by atoms with Crippen LogP contribution in [-0.4, -0.2) is 24.9 Å². The molecule has 0 atom stereocenters. The zero-order valence-corrected chi connectivity index (χ0v) is 13.7. The van der Waals surface area contributed by atoms with Gasteiger partial charge >= 0.3 is 6.01 Å². The van der Waals surface area contributed by atoms with E-state index in [1.54, 1.807) is 12.1 Å². The molecule has 0 saturated carbocycles. The van der Waals surface area contributed by atoms with E-state index in [1.807, 2.05) is 30.3 Å². The molecule has 0 aliphatic carbocycles. The minimum atomic E-state index is -3.28. The second-order valence-electron chi connectivity index (χ2n) is 5.03. The number of ether oxygens (including phenoxy) is 1. The molecule has 1 N–H and O–H groups in total. The standard InChI is InChI=1S/C16H15N3O4S/c1-24(20,21)14-9-5-6-12(10-14)17-16-19-18-15(23-16)11-22-13-7-3-2-4-8-13/h2-10H,11H2,1H3,(H,17,19). The van der Waals surface area contributed by atoms with Gasteiger partial charge in [0.1, 0.15) is 5.75 Å². The monoisotopic (exact) mass is 345 g/mol. The molecule has 2 aromatic carbocycles. The smallest absolute Gasteiger partial charge is 0.320 e. The van der Waals surface area contributed by atoms with Crippen LogP contribution in [0.25, 0.3) is 0 Å². The largest absolute Gasteiger partial charge is 0.484 e. The summed E-state index contributed by atoms with van der Waals surface area (Å²) in [5, 5.41) is 10.6. The molecule has 0 amide bonds. The summed E-state index contributed by atoms with van der Waals surface area (Å²) in [6.07, 6.45) is 1.15. The van der Waals surface area contributed by atoms with Crippen LogP contribution in [-0.2, 0) is 16.4 Å². The molecule has 0 spiro atoms. The fourth-order valence-corrected chi connectivity index (χ4v) is 2.62. The van der Waals surface area contributed by atoms with Crippen molar-refractivity contribution in [2.75, 3.05) is 11.6 Å². The Balaban J connectivity index is 1.66. The third-order valence-electron chi connectivity index (χ3n) is 3.09. The molecule has 8 heteroatoms. The topological polar surface area (TPSA) is 94.3 Å². The van der Waals surface area contributed by atoms with E-state index in [2.05, 4.69) is 15.5 Å². The summed E-state index contributed by atoms with van der Waals surface area (Å²) in [5.41, 5.74) is 0.539. The van der Waals surface area contributed by atoms with E-state index < -0.39 is 9.84 Å². The minimum absolute atomic E-state index is 0.141. The molecule has 0 radical (unpaired) electrons. The third kappa shape index (κ3) is 4.11. The van der Waals surface area contributed by atoms with Gasteiger partial charge in [-0.3, -0.25) is 0 Å². The molecule has 3 rings (SSSR count). The Bertz CT molecular complexity index is 923. The number of para-hydroxylation sites is 1. The number of rotatable bonds is 6. The first-order valence-electron chi connectivity index (χ1n) is 7.08. The van der Waals surface area contributed by atoms with Gasteiger partial charge in [0.15, 0.2) is 16.4 Å². The first-order chi connectivity index (χ1) is 11.5. The summed E-state index contributed by atoms with van der Waals surface area (Å²) < 4.78 is 34.1. The normalized spacial score (nSPS) is 11.2. The van der Waals surface area contributed by atoms with Crippen LogP contribution in [0.3, 0.4) is 0 Å². The predicted octanol–water partition coefficient (Wildman–Crippen LogP) is 2.80. The summed E-state index contributed by atoms with van der Waals surface area (Å²) >= 11 is 0. The lowest BCUT2D eigenvalue weighted by Crippen LogP contribution is -1.98. The molecular formula is C16H15N3O4S.